The largest absolute Gasteiger partial charge is 0.509 e. The summed E-state index contributed by atoms with van der Waals surface area (Å²) in [6, 6.07) is 42.1. The Morgan fingerprint density at radius 2 is 1.31 bits per heavy atom. The number of aryl methyl sites for hydroxylation is 1. The van der Waals surface area contributed by atoms with Crippen LogP contribution in [0, 0.1) is 42.5 Å². The van der Waals surface area contributed by atoms with Crippen molar-refractivity contribution in [2.75, 3.05) is 9.80 Å². The zero-order valence-electron chi connectivity index (χ0n) is 35.9. The first-order valence-electron chi connectivity index (χ1n) is 23.1. The number of ether oxygens (including phenoxy) is 1. The molecule has 3 saturated carbocycles. The summed E-state index contributed by atoms with van der Waals surface area (Å²) < 4.78 is 35.5. The smallest absolute Gasteiger partial charge is 0.213 e. The van der Waals surface area contributed by atoms with Gasteiger partial charge in [-0.1, -0.05) is 119 Å². The van der Waals surface area contributed by atoms with Crippen molar-refractivity contribution in [3.05, 3.63) is 122 Å². The van der Waals surface area contributed by atoms with Crippen LogP contribution in [0.1, 0.15) is 87.6 Å². The molecule has 0 N–H and O–H groups in total. The maximum atomic E-state index is 8.54. The molecule has 0 bridgehead atoms. The van der Waals surface area contributed by atoms with Gasteiger partial charge in [0.15, 0.2) is 0 Å². The topological polar surface area (TPSA) is 38.5 Å². The van der Waals surface area contributed by atoms with E-state index in [-0.39, 0.29) is 21.1 Å². The molecule has 7 aromatic rings. The minimum atomic E-state index is -2.46. The predicted molar refractivity (Wildman–Crippen MR) is 232 cm³/mol. The van der Waals surface area contributed by atoms with Gasteiger partial charge in [-0.3, -0.25) is 0 Å². The molecule has 7 heteroatoms. The number of rotatable bonds is 7. The van der Waals surface area contributed by atoms with E-state index in [9.17, 15) is 0 Å². The van der Waals surface area contributed by atoms with E-state index in [4.69, 9.17) is 13.8 Å². The first-order valence-corrected chi connectivity index (χ1v) is 21.6. The number of aromatic nitrogens is 3. The van der Waals surface area contributed by atoms with Gasteiger partial charge in [0.25, 0.3) is 0 Å². The third-order valence-electron chi connectivity index (χ3n) is 14.0. The summed E-state index contributed by atoms with van der Waals surface area (Å²) in [7, 11) is 0. The fraction of sp³-hybridized carbons (Fsp3) is 0.373. The van der Waals surface area contributed by atoms with Crippen LogP contribution in [0.3, 0.4) is 0 Å². The van der Waals surface area contributed by atoms with Crippen molar-refractivity contribution in [3.63, 3.8) is 0 Å². The summed E-state index contributed by atoms with van der Waals surface area (Å²) in [6.07, 6.45) is 17.9. The second-order valence-corrected chi connectivity index (χ2v) is 17.1. The Kier molecular flexibility index (Phi) is 9.41. The van der Waals surface area contributed by atoms with Crippen LogP contribution in [-0.2, 0) is 28.0 Å². The average molecular weight is 949 g/mol. The van der Waals surface area contributed by atoms with Crippen LogP contribution >= 0.6 is 0 Å². The van der Waals surface area contributed by atoms with Crippen LogP contribution in [0.4, 0.5) is 17.1 Å². The molecule has 300 valence electrons. The normalized spacial score (nSPS) is 22.8. The number of hydrogen-bond donors (Lipinski definition) is 0. The molecule has 58 heavy (non-hydrogen) atoms. The zero-order chi connectivity index (χ0) is 40.4. The third-order valence-corrected chi connectivity index (χ3v) is 14.0. The van der Waals surface area contributed by atoms with Crippen LogP contribution in [0.5, 0.6) is 11.5 Å². The molecule has 3 heterocycles. The van der Waals surface area contributed by atoms with Gasteiger partial charge in [0.2, 0.25) is 5.95 Å². The molecule has 2 atom stereocenters. The summed E-state index contributed by atoms with van der Waals surface area (Å²) >= 11 is 0. The number of para-hydroxylation sites is 5. The van der Waals surface area contributed by atoms with Crippen molar-refractivity contribution >= 4 is 49.9 Å². The second kappa shape index (κ2) is 15.9. The molecule has 1 aliphatic heterocycles. The van der Waals surface area contributed by atoms with E-state index < -0.39 is 6.98 Å². The van der Waals surface area contributed by atoms with Gasteiger partial charge in [0.05, 0.1) is 11.0 Å². The quantitative estimate of drug-likeness (QED) is 0.149. The number of imidazole rings is 1. The first kappa shape index (κ1) is 34.3. The zero-order valence-corrected chi connectivity index (χ0v) is 35.2. The SMILES string of the molecule is [2H]C([2H])([2H])n1c(-n2c3[c-]c(Oc4[c-]c(N5[CH-]N(C6C(C7CCCCC7)CCCC6C6CCCCC6)c6ccccc65)ccc4)ccc3c3ccccc32)nc2ccccc21.[Pt]. The van der Waals surface area contributed by atoms with Crippen LogP contribution in [0.2, 0.25) is 0 Å². The molecule has 11 rings (SSSR count). The fourth-order valence-corrected chi connectivity index (χ4v) is 11.4. The molecule has 0 radical (unpaired) electrons. The number of nitrogens with zero attached hydrogens (tertiary/aromatic N) is 5. The number of fused-ring (bicyclic) bond motifs is 5. The van der Waals surface area contributed by atoms with Crippen LogP contribution in [0.15, 0.2) is 103 Å². The van der Waals surface area contributed by atoms with Crippen molar-refractivity contribution in [1.29, 1.82) is 0 Å². The Morgan fingerprint density at radius 3 is 2.07 bits per heavy atom. The Bertz CT molecular complexity index is 2650. The van der Waals surface area contributed by atoms with E-state index in [1.807, 2.05) is 71.3 Å². The van der Waals surface area contributed by atoms with Crippen molar-refractivity contribution in [3.8, 4) is 17.4 Å². The molecule has 0 saturated heterocycles. The number of anilines is 3. The Balaban J connectivity index is 0.00000445. The van der Waals surface area contributed by atoms with Gasteiger partial charge in [-0.15, -0.1) is 41.4 Å². The second-order valence-electron chi connectivity index (χ2n) is 17.1. The Morgan fingerprint density at radius 1 is 0.638 bits per heavy atom. The molecule has 3 aliphatic carbocycles. The minimum Gasteiger partial charge on any atom is -0.509 e. The number of hydrogen-bond acceptors (Lipinski definition) is 4. The molecule has 0 spiro atoms. The molecule has 5 aromatic carbocycles. The van der Waals surface area contributed by atoms with Crippen molar-refractivity contribution in [2.45, 2.75) is 89.5 Å². The summed E-state index contributed by atoms with van der Waals surface area (Å²) in [5.41, 5.74) is 6.13. The predicted octanol–water partition coefficient (Wildman–Crippen LogP) is 13.1. The third kappa shape index (κ3) is 6.55. The molecule has 0 amide bonds. The van der Waals surface area contributed by atoms with Crippen LogP contribution in [0.25, 0.3) is 38.8 Å². The Hall–Kier alpha value is -4.54. The van der Waals surface area contributed by atoms with Crippen LogP contribution < -0.4 is 14.5 Å². The summed E-state index contributed by atoms with van der Waals surface area (Å²) in [5, 5.41) is 1.92. The summed E-state index contributed by atoms with van der Waals surface area (Å²) in [5.74, 6) is 4.46. The maximum absolute atomic E-state index is 8.54. The molecular weight excluding hydrogens is 894 g/mol. The fourth-order valence-electron chi connectivity index (χ4n) is 11.4. The molecule has 4 aliphatic rings. The van der Waals surface area contributed by atoms with Gasteiger partial charge in [0.1, 0.15) is 0 Å². The van der Waals surface area contributed by atoms with Gasteiger partial charge in [-0.2, -0.15) is 18.8 Å². The Labute approximate surface area is 361 Å². The molecular formula is C51H52N5OPt-3. The van der Waals surface area contributed by atoms with Crippen molar-refractivity contribution in [1.82, 2.24) is 14.1 Å². The summed E-state index contributed by atoms with van der Waals surface area (Å²) in [4.78, 5) is 9.94. The summed E-state index contributed by atoms with van der Waals surface area (Å²) in [6.45, 7) is -0.0620. The first-order chi connectivity index (χ1) is 29.4. The van der Waals surface area contributed by atoms with Gasteiger partial charge in [0, 0.05) is 66.6 Å². The van der Waals surface area contributed by atoms with E-state index >= 15 is 0 Å². The minimum absolute atomic E-state index is 0. The van der Waals surface area contributed by atoms with E-state index in [1.54, 1.807) is 0 Å². The van der Waals surface area contributed by atoms with E-state index in [0.29, 0.717) is 51.9 Å². The monoisotopic (exact) mass is 948 g/mol. The van der Waals surface area contributed by atoms with Gasteiger partial charge in [-0.05, 0) is 72.2 Å². The van der Waals surface area contributed by atoms with Gasteiger partial charge < -0.3 is 23.7 Å². The van der Waals surface area contributed by atoms with E-state index in [0.717, 1.165) is 33.8 Å². The average Bonchev–Trinajstić information content (AvgIpc) is 3.97. The van der Waals surface area contributed by atoms with Gasteiger partial charge in [-0.25, -0.2) is 4.98 Å². The van der Waals surface area contributed by atoms with E-state index in [2.05, 4.69) is 65.0 Å². The molecule has 3 fully saturated rings. The molecule has 2 aromatic heterocycles. The standard InChI is InChI=1S/C51H52N5O.Pt/c1-53-46-27-11-9-25-44(46)52-51(53)56-45-26-10-8-22-42(45)43-31-30-39(33-49(43)56)57-38-21-14-20-37(32-38)54-34-55(48-29-13-12-28-47(48)54)50-40(35-16-4-2-5-17-35)23-15-24-41(50)36-18-6-3-7-19-36;/h8-14,20-22,25-31,34-36,40-41,50H,2-7,15-19,23-24H2,1H3;/q-3;/i1D3;. The molecule has 2 unspecified atom stereocenters. The number of benzene rings is 5. The van der Waals surface area contributed by atoms with Crippen molar-refractivity contribution < 1.29 is 29.9 Å². The van der Waals surface area contributed by atoms with Gasteiger partial charge >= 0.3 is 0 Å². The van der Waals surface area contributed by atoms with Crippen LogP contribution in [-0.4, -0.2) is 20.2 Å². The van der Waals surface area contributed by atoms with Crippen molar-refractivity contribution in [2.24, 2.45) is 30.6 Å². The van der Waals surface area contributed by atoms with E-state index in [1.165, 1.54) is 99.4 Å². The maximum Gasteiger partial charge on any atom is 0.213 e. The molecule has 6 nitrogen and oxygen atoms in total.